The average Bonchev–Trinajstić information content (AvgIpc) is 2.90. The molecule has 18 heavy (non-hydrogen) atoms. The van der Waals surface area contributed by atoms with Crippen molar-refractivity contribution in [2.24, 2.45) is 0 Å². The highest BCUT2D eigenvalue weighted by molar-refractivity contribution is 8.06. The zero-order valence-corrected chi connectivity index (χ0v) is 12.2. The van der Waals surface area contributed by atoms with Gasteiger partial charge in [-0.2, -0.15) is 16.7 Å². The van der Waals surface area contributed by atoms with Gasteiger partial charge in [-0.15, -0.1) is 11.8 Å². The van der Waals surface area contributed by atoms with Crippen molar-refractivity contribution in [2.45, 2.75) is 36.2 Å². The van der Waals surface area contributed by atoms with Crippen molar-refractivity contribution in [1.82, 2.24) is 15.5 Å². The van der Waals surface area contributed by atoms with Crippen molar-refractivity contribution in [3.05, 3.63) is 11.7 Å². The van der Waals surface area contributed by atoms with Crippen molar-refractivity contribution in [1.29, 1.82) is 0 Å². The molecule has 0 aliphatic carbocycles. The molecule has 3 atom stereocenters. The van der Waals surface area contributed by atoms with Gasteiger partial charge in [0.15, 0.2) is 5.82 Å². The minimum absolute atomic E-state index is 0.401. The molecule has 3 rings (SSSR count). The summed E-state index contributed by atoms with van der Waals surface area (Å²) < 4.78 is 5.48. The number of piperidine rings is 1. The zero-order valence-electron chi connectivity index (χ0n) is 10.6. The summed E-state index contributed by atoms with van der Waals surface area (Å²) >= 11 is 3.97. The van der Waals surface area contributed by atoms with Crippen molar-refractivity contribution in [3.63, 3.8) is 0 Å². The van der Waals surface area contributed by atoms with Crippen LogP contribution in [0.1, 0.15) is 42.6 Å². The van der Waals surface area contributed by atoms with Gasteiger partial charge in [0, 0.05) is 23.3 Å². The summed E-state index contributed by atoms with van der Waals surface area (Å²) in [5.41, 5.74) is 0. The molecule has 2 aliphatic heterocycles. The standard InChI is InChI=1S/C12H19N3OS2/c1-8-10(18-6-5-17-8)11-14-12(16-15-11)9-3-2-4-13-7-9/h8-10,13H,2-7H2,1H3/t8?,9-,10?/m1/s1. The second-order valence-corrected chi connectivity index (χ2v) is 7.64. The Bertz CT molecular complexity index is 392. The molecule has 100 valence electrons. The lowest BCUT2D eigenvalue weighted by Crippen LogP contribution is -2.28. The molecule has 0 spiro atoms. The van der Waals surface area contributed by atoms with E-state index in [-0.39, 0.29) is 0 Å². The maximum Gasteiger partial charge on any atom is 0.231 e. The molecule has 0 radical (unpaired) electrons. The fraction of sp³-hybridized carbons (Fsp3) is 0.833. The number of hydrogen-bond donors (Lipinski definition) is 1. The molecule has 6 heteroatoms. The third-order valence-electron chi connectivity index (χ3n) is 3.55. The minimum atomic E-state index is 0.401. The van der Waals surface area contributed by atoms with E-state index in [2.05, 4.69) is 22.4 Å². The maximum absolute atomic E-state index is 5.48. The van der Waals surface area contributed by atoms with Crippen LogP contribution < -0.4 is 5.32 Å². The zero-order chi connectivity index (χ0) is 12.4. The van der Waals surface area contributed by atoms with Crippen molar-refractivity contribution < 1.29 is 4.52 Å². The molecular weight excluding hydrogens is 266 g/mol. The van der Waals surface area contributed by atoms with E-state index in [0.717, 1.165) is 31.2 Å². The Hall–Kier alpha value is -0.200. The van der Waals surface area contributed by atoms with E-state index in [1.165, 1.54) is 17.9 Å². The largest absolute Gasteiger partial charge is 0.339 e. The number of thioether (sulfide) groups is 2. The Morgan fingerprint density at radius 1 is 1.33 bits per heavy atom. The quantitative estimate of drug-likeness (QED) is 0.901. The van der Waals surface area contributed by atoms with Crippen LogP contribution in [0.5, 0.6) is 0 Å². The van der Waals surface area contributed by atoms with Crippen LogP contribution in [0.3, 0.4) is 0 Å². The average molecular weight is 285 g/mol. The lowest BCUT2D eigenvalue weighted by atomic mass is 10.00. The van der Waals surface area contributed by atoms with E-state index in [1.807, 2.05) is 23.5 Å². The number of hydrogen-bond acceptors (Lipinski definition) is 6. The van der Waals surface area contributed by atoms with Crippen LogP contribution in [0.2, 0.25) is 0 Å². The van der Waals surface area contributed by atoms with Gasteiger partial charge in [-0.1, -0.05) is 12.1 Å². The van der Waals surface area contributed by atoms with Crippen molar-refractivity contribution >= 4 is 23.5 Å². The summed E-state index contributed by atoms with van der Waals surface area (Å²) in [6.07, 6.45) is 2.36. The van der Waals surface area contributed by atoms with Crippen LogP contribution in [0, 0.1) is 0 Å². The number of nitrogens with one attached hydrogen (secondary N) is 1. The predicted molar refractivity (Wildman–Crippen MR) is 76.3 cm³/mol. The first-order valence-corrected chi connectivity index (χ1v) is 8.72. The Morgan fingerprint density at radius 3 is 3.00 bits per heavy atom. The van der Waals surface area contributed by atoms with Gasteiger partial charge in [0.1, 0.15) is 0 Å². The van der Waals surface area contributed by atoms with Gasteiger partial charge in [0.05, 0.1) is 11.2 Å². The number of rotatable bonds is 2. The van der Waals surface area contributed by atoms with E-state index in [4.69, 9.17) is 4.52 Å². The van der Waals surface area contributed by atoms with E-state index in [9.17, 15) is 0 Å². The Kier molecular flexibility index (Phi) is 4.16. The molecule has 1 aromatic rings. The molecule has 1 N–H and O–H groups in total. The Balaban J connectivity index is 1.71. The van der Waals surface area contributed by atoms with Crippen LogP contribution in [0.4, 0.5) is 0 Å². The highest BCUT2D eigenvalue weighted by Crippen LogP contribution is 2.41. The molecule has 2 saturated heterocycles. The summed E-state index contributed by atoms with van der Waals surface area (Å²) in [5, 5.41) is 8.59. The lowest BCUT2D eigenvalue weighted by Gasteiger charge is -2.25. The van der Waals surface area contributed by atoms with Gasteiger partial charge in [-0.3, -0.25) is 0 Å². The first-order valence-electron chi connectivity index (χ1n) is 6.62. The van der Waals surface area contributed by atoms with E-state index >= 15 is 0 Å². The third kappa shape index (κ3) is 2.70. The van der Waals surface area contributed by atoms with Gasteiger partial charge >= 0.3 is 0 Å². The van der Waals surface area contributed by atoms with Crippen LogP contribution >= 0.6 is 23.5 Å². The van der Waals surface area contributed by atoms with Crippen molar-refractivity contribution in [2.75, 3.05) is 24.6 Å². The highest BCUT2D eigenvalue weighted by Gasteiger charge is 2.30. The van der Waals surface area contributed by atoms with Crippen molar-refractivity contribution in [3.8, 4) is 0 Å². The summed E-state index contributed by atoms with van der Waals surface area (Å²) in [6, 6.07) is 0. The monoisotopic (exact) mass is 285 g/mol. The molecule has 1 aromatic heterocycles. The van der Waals surface area contributed by atoms with Crippen LogP contribution in [-0.2, 0) is 0 Å². The van der Waals surface area contributed by atoms with Crippen LogP contribution in [0.15, 0.2) is 4.52 Å². The minimum Gasteiger partial charge on any atom is -0.339 e. The highest BCUT2D eigenvalue weighted by atomic mass is 32.2. The molecule has 0 aromatic carbocycles. The summed E-state index contributed by atoms with van der Waals surface area (Å²) in [7, 11) is 0. The SMILES string of the molecule is CC1SCCSC1c1noc([C@@H]2CCCNC2)n1. The molecule has 2 unspecified atom stereocenters. The first-order chi connectivity index (χ1) is 8.84. The second kappa shape index (κ2) is 5.84. The lowest BCUT2D eigenvalue weighted by molar-refractivity contribution is 0.320. The molecule has 0 saturated carbocycles. The summed E-state index contributed by atoms with van der Waals surface area (Å²) in [4.78, 5) is 4.66. The van der Waals surface area contributed by atoms with Gasteiger partial charge in [-0.25, -0.2) is 0 Å². The molecule has 0 bridgehead atoms. The number of aromatic nitrogens is 2. The third-order valence-corrected chi connectivity index (χ3v) is 6.63. The molecule has 4 nitrogen and oxygen atoms in total. The second-order valence-electron chi connectivity index (χ2n) is 4.90. The fourth-order valence-electron chi connectivity index (χ4n) is 2.51. The molecule has 2 aliphatic rings. The molecule has 0 amide bonds. The fourth-order valence-corrected chi connectivity index (χ4v) is 5.19. The summed E-state index contributed by atoms with van der Waals surface area (Å²) in [5.74, 6) is 4.58. The van der Waals surface area contributed by atoms with Gasteiger partial charge in [0.25, 0.3) is 0 Å². The predicted octanol–water partition coefficient (Wildman–Crippen LogP) is 2.45. The van der Waals surface area contributed by atoms with E-state index in [0.29, 0.717) is 16.4 Å². The normalized spacial score (nSPS) is 33.5. The van der Waals surface area contributed by atoms with E-state index in [1.54, 1.807) is 0 Å². The first kappa shape index (κ1) is 12.8. The van der Waals surface area contributed by atoms with Gasteiger partial charge in [0.2, 0.25) is 5.89 Å². The summed E-state index contributed by atoms with van der Waals surface area (Å²) in [6.45, 7) is 4.35. The molecule has 3 heterocycles. The Morgan fingerprint density at radius 2 is 2.22 bits per heavy atom. The van der Waals surface area contributed by atoms with Gasteiger partial charge in [-0.05, 0) is 19.4 Å². The van der Waals surface area contributed by atoms with Crippen LogP contribution in [-0.4, -0.2) is 40.0 Å². The van der Waals surface area contributed by atoms with Gasteiger partial charge < -0.3 is 9.84 Å². The smallest absolute Gasteiger partial charge is 0.231 e. The molecular formula is C12H19N3OS2. The maximum atomic E-state index is 5.48. The number of nitrogens with zero attached hydrogens (tertiary/aromatic N) is 2. The van der Waals surface area contributed by atoms with E-state index < -0.39 is 0 Å². The Labute approximate surface area is 116 Å². The molecule has 2 fully saturated rings. The van der Waals surface area contributed by atoms with Crippen LogP contribution in [0.25, 0.3) is 0 Å². The topological polar surface area (TPSA) is 51.0 Å².